The summed E-state index contributed by atoms with van der Waals surface area (Å²) >= 11 is 0. The van der Waals surface area contributed by atoms with E-state index < -0.39 is 0 Å². The molecule has 0 bridgehead atoms. The van der Waals surface area contributed by atoms with E-state index >= 15 is 0 Å². The van der Waals surface area contributed by atoms with Gasteiger partial charge >= 0.3 is 0 Å². The molecule has 4 nitrogen and oxygen atoms in total. The van der Waals surface area contributed by atoms with Crippen LogP contribution in [0, 0.1) is 0 Å². The summed E-state index contributed by atoms with van der Waals surface area (Å²) < 4.78 is 0. The van der Waals surface area contributed by atoms with Gasteiger partial charge in [0, 0.05) is 26.2 Å². The van der Waals surface area contributed by atoms with E-state index in [1.807, 2.05) is 7.05 Å². The fourth-order valence-electron chi connectivity index (χ4n) is 2.27. The molecule has 1 aliphatic rings. The van der Waals surface area contributed by atoms with Crippen molar-refractivity contribution in [2.75, 3.05) is 33.2 Å². The maximum absolute atomic E-state index is 5.93. The lowest BCUT2D eigenvalue weighted by Crippen LogP contribution is -2.43. The third-order valence-electron chi connectivity index (χ3n) is 3.28. The molecule has 4 heteroatoms. The van der Waals surface area contributed by atoms with Crippen LogP contribution in [-0.4, -0.2) is 55.0 Å². The molecule has 1 aliphatic heterocycles. The molecule has 0 aromatic rings. The van der Waals surface area contributed by atoms with Crippen molar-refractivity contribution in [2.24, 2.45) is 10.7 Å². The molecular formula is C12H26N4. The highest BCUT2D eigenvalue weighted by atomic mass is 15.3. The molecular weight excluding hydrogens is 200 g/mol. The number of rotatable bonds is 5. The van der Waals surface area contributed by atoms with Gasteiger partial charge in [-0.1, -0.05) is 13.8 Å². The van der Waals surface area contributed by atoms with Crippen LogP contribution >= 0.6 is 0 Å². The minimum Gasteiger partial charge on any atom is -0.370 e. The van der Waals surface area contributed by atoms with Crippen molar-refractivity contribution in [3.8, 4) is 0 Å². The molecule has 1 heterocycles. The highest BCUT2D eigenvalue weighted by Gasteiger charge is 2.24. The Labute approximate surface area is 99.5 Å². The van der Waals surface area contributed by atoms with E-state index in [0.717, 1.165) is 26.1 Å². The molecule has 0 aliphatic carbocycles. The summed E-state index contributed by atoms with van der Waals surface area (Å²) in [6.45, 7) is 8.57. The standard InChI is InChI=1S/C12H26N4/c1-4-8-14-12(13)15(3)10-11-7-6-9-16(11)5-2/h11H,4-10H2,1-3H3,(H2,13,14). The van der Waals surface area contributed by atoms with Gasteiger partial charge in [-0.15, -0.1) is 0 Å². The predicted molar refractivity (Wildman–Crippen MR) is 69.7 cm³/mol. The second kappa shape index (κ2) is 6.74. The van der Waals surface area contributed by atoms with Crippen molar-refractivity contribution in [3.05, 3.63) is 0 Å². The molecule has 94 valence electrons. The van der Waals surface area contributed by atoms with E-state index in [2.05, 4.69) is 28.6 Å². The molecule has 1 atom stereocenters. The lowest BCUT2D eigenvalue weighted by Gasteiger charge is -2.28. The number of guanidine groups is 1. The Hall–Kier alpha value is -0.770. The van der Waals surface area contributed by atoms with Crippen molar-refractivity contribution in [3.63, 3.8) is 0 Å². The summed E-state index contributed by atoms with van der Waals surface area (Å²) in [7, 11) is 2.04. The molecule has 0 saturated carbocycles. The number of nitrogens with zero attached hydrogens (tertiary/aromatic N) is 3. The molecule has 1 unspecified atom stereocenters. The van der Waals surface area contributed by atoms with Gasteiger partial charge in [0.1, 0.15) is 0 Å². The molecule has 0 radical (unpaired) electrons. The van der Waals surface area contributed by atoms with Crippen LogP contribution in [0.1, 0.15) is 33.1 Å². The van der Waals surface area contributed by atoms with E-state index in [4.69, 9.17) is 5.73 Å². The van der Waals surface area contributed by atoms with Gasteiger partial charge in [-0.3, -0.25) is 9.89 Å². The summed E-state index contributed by atoms with van der Waals surface area (Å²) in [4.78, 5) is 8.96. The predicted octanol–water partition coefficient (Wildman–Crippen LogP) is 1.13. The summed E-state index contributed by atoms with van der Waals surface area (Å²) in [5, 5.41) is 0. The first kappa shape index (κ1) is 13.3. The van der Waals surface area contributed by atoms with Crippen LogP contribution in [0.5, 0.6) is 0 Å². The first-order valence-corrected chi connectivity index (χ1v) is 6.44. The summed E-state index contributed by atoms with van der Waals surface area (Å²) in [5.41, 5.74) is 5.93. The Bertz CT molecular complexity index is 227. The first-order valence-electron chi connectivity index (χ1n) is 6.44. The quantitative estimate of drug-likeness (QED) is 0.564. The number of likely N-dealkylation sites (tertiary alicyclic amines) is 1. The van der Waals surface area contributed by atoms with Crippen molar-refractivity contribution in [1.29, 1.82) is 0 Å². The molecule has 0 aromatic carbocycles. The zero-order chi connectivity index (χ0) is 12.0. The Kier molecular flexibility index (Phi) is 5.60. The smallest absolute Gasteiger partial charge is 0.191 e. The van der Waals surface area contributed by atoms with E-state index in [1.165, 1.54) is 19.4 Å². The molecule has 0 spiro atoms. The Morgan fingerprint density at radius 1 is 1.50 bits per heavy atom. The Balaban J connectivity index is 2.40. The zero-order valence-corrected chi connectivity index (χ0v) is 10.9. The Morgan fingerprint density at radius 3 is 2.88 bits per heavy atom. The first-order chi connectivity index (χ1) is 7.69. The Morgan fingerprint density at radius 2 is 2.25 bits per heavy atom. The van der Waals surface area contributed by atoms with Gasteiger partial charge in [-0.25, -0.2) is 0 Å². The fourth-order valence-corrected chi connectivity index (χ4v) is 2.27. The van der Waals surface area contributed by atoms with E-state index in [-0.39, 0.29) is 0 Å². The maximum Gasteiger partial charge on any atom is 0.191 e. The van der Waals surface area contributed by atoms with Crippen LogP contribution in [0.15, 0.2) is 4.99 Å². The van der Waals surface area contributed by atoms with Gasteiger partial charge in [-0.2, -0.15) is 0 Å². The lowest BCUT2D eigenvalue weighted by atomic mass is 10.2. The average molecular weight is 226 g/mol. The normalized spacial score (nSPS) is 22.7. The summed E-state index contributed by atoms with van der Waals surface area (Å²) in [5.74, 6) is 0.685. The molecule has 1 saturated heterocycles. The summed E-state index contributed by atoms with van der Waals surface area (Å²) in [6.07, 6.45) is 3.66. The molecule has 0 aromatic heterocycles. The average Bonchev–Trinajstić information content (AvgIpc) is 2.72. The minimum absolute atomic E-state index is 0.658. The van der Waals surface area contributed by atoms with Crippen LogP contribution in [0.2, 0.25) is 0 Å². The van der Waals surface area contributed by atoms with Crippen LogP contribution in [0.3, 0.4) is 0 Å². The van der Waals surface area contributed by atoms with Crippen molar-refractivity contribution < 1.29 is 0 Å². The molecule has 0 amide bonds. The number of aliphatic imine (C=N–C) groups is 1. The van der Waals surface area contributed by atoms with Crippen molar-refractivity contribution in [1.82, 2.24) is 9.80 Å². The molecule has 16 heavy (non-hydrogen) atoms. The lowest BCUT2D eigenvalue weighted by molar-refractivity contribution is 0.234. The van der Waals surface area contributed by atoms with Gasteiger partial charge in [0.25, 0.3) is 0 Å². The third-order valence-corrected chi connectivity index (χ3v) is 3.28. The monoisotopic (exact) mass is 226 g/mol. The topological polar surface area (TPSA) is 44.9 Å². The van der Waals surface area contributed by atoms with E-state index in [1.54, 1.807) is 0 Å². The van der Waals surface area contributed by atoms with Gasteiger partial charge < -0.3 is 10.6 Å². The van der Waals surface area contributed by atoms with E-state index in [0.29, 0.717) is 12.0 Å². The maximum atomic E-state index is 5.93. The highest BCUT2D eigenvalue weighted by molar-refractivity contribution is 5.77. The van der Waals surface area contributed by atoms with Crippen LogP contribution in [0.4, 0.5) is 0 Å². The van der Waals surface area contributed by atoms with Gasteiger partial charge in [0.15, 0.2) is 5.96 Å². The third kappa shape index (κ3) is 3.67. The zero-order valence-electron chi connectivity index (χ0n) is 10.9. The van der Waals surface area contributed by atoms with Gasteiger partial charge in [0.2, 0.25) is 0 Å². The van der Waals surface area contributed by atoms with Gasteiger partial charge in [0.05, 0.1) is 0 Å². The SMILES string of the molecule is CCCN=C(N)N(C)CC1CCCN1CC. The second-order valence-corrected chi connectivity index (χ2v) is 4.55. The number of likely N-dealkylation sites (N-methyl/N-ethyl adjacent to an activating group) is 2. The van der Waals surface area contributed by atoms with Crippen LogP contribution < -0.4 is 5.73 Å². The summed E-state index contributed by atoms with van der Waals surface area (Å²) in [6, 6.07) is 0.658. The van der Waals surface area contributed by atoms with E-state index in [9.17, 15) is 0 Å². The molecule has 1 fully saturated rings. The highest BCUT2D eigenvalue weighted by Crippen LogP contribution is 2.16. The fraction of sp³-hybridized carbons (Fsp3) is 0.917. The van der Waals surface area contributed by atoms with Crippen LogP contribution in [-0.2, 0) is 0 Å². The van der Waals surface area contributed by atoms with Gasteiger partial charge in [-0.05, 0) is 32.4 Å². The molecule has 2 N–H and O–H groups in total. The largest absolute Gasteiger partial charge is 0.370 e. The van der Waals surface area contributed by atoms with Crippen molar-refractivity contribution >= 4 is 5.96 Å². The van der Waals surface area contributed by atoms with Crippen molar-refractivity contribution in [2.45, 2.75) is 39.2 Å². The number of hydrogen-bond donors (Lipinski definition) is 1. The number of nitrogens with two attached hydrogens (primary N) is 1. The molecule has 1 rings (SSSR count). The minimum atomic E-state index is 0.658. The number of hydrogen-bond acceptors (Lipinski definition) is 2. The second-order valence-electron chi connectivity index (χ2n) is 4.55. The van der Waals surface area contributed by atoms with Crippen LogP contribution in [0.25, 0.3) is 0 Å².